The van der Waals surface area contributed by atoms with Crippen molar-refractivity contribution in [3.05, 3.63) is 33.9 Å². The number of hydrogen-bond donors (Lipinski definition) is 1. The lowest BCUT2D eigenvalue weighted by molar-refractivity contribution is -0.142. The third kappa shape index (κ3) is 1.48. The number of carbonyl (C=O) groups excluding carboxylic acids is 1. The van der Waals surface area contributed by atoms with E-state index >= 15 is 0 Å². The Kier molecular flexibility index (Phi) is 2.56. The monoisotopic (exact) mass is 332 g/mol. The van der Waals surface area contributed by atoms with Crippen LogP contribution in [0.4, 0.5) is 0 Å². The molecule has 4 rings (SSSR count). The number of aromatic amines is 1. The maximum atomic E-state index is 12.2. The minimum absolute atomic E-state index is 0.151. The number of aromatic nitrogens is 1. The number of halogens is 1. The molecule has 0 saturated carbocycles. The predicted octanol–water partition coefficient (Wildman–Crippen LogP) is 3.71. The van der Waals surface area contributed by atoms with Gasteiger partial charge < -0.3 is 9.88 Å². The molecule has 1 aromatic carbocycles. The van der Waals surface area contributed by atoms with Crippen LogP contribution in [0.15, 0.2) is 22.7 Å². The lowest BCUT2D eigenvalue weighted by atomic mass is 9.79. The molecule has 3 heterocycles. The molecular weight excluding hydrogens is 316 g/mol. The van der Waals surface area contributed by atoms with Crippen LogP contribution in [0.1, 0.15) is 37.4 Å². The molecular formula is C16H17BrN2O. The molecule has 0 radical (unpaired) electrons. The number of nitrogens with zero attached hydrogens (tertiary/aromatic N) is 1. The number of piperidine rings is 1. The number of hydrogen-bond acceptors (Lipinski definition) is 1. The van der Waals surface area contributed by atoms with E-state index in [-0.39, 0.29) is 5.54 Å². The van der Waals surface area contributed by atoms with Gasteiger partial charge in [-0.2, -0.15) is 0 Å². The fraction of sp³-hybridized carbons (Fsp3) is 0.438. The molecule has 3 nitrogen and oxygen atoms in total. The second-order valence-corrected chi connectivity index (χ2v) is 6.92. The molecule has 2 aliphatic rings. The summed E-state index contributed by atoms with van der Waals surface area (Å²) < 4.78 is 1.10. The Morgan fingerprint density at radius 1 is 1.35 bits per heavy atom. The SMILES string of the molecule is C[C@]12CCCC(=O)N1CCc1c2[nH]c2c(Br)cccc12. The average molecular weight is 333 g/mol. The second kappa shape index (κ2) is 4.10. The van der Waals surface area contributed by atoms with E-state index in [0.717, 1.165) is 30.3 Å². The minimum Gasteiger partial charge on any atom is -0.355 e. The largest absolute Gasteiger partial charge is 0.355 e. The Balaban J connectivity index is 1.98. The van der Waals surface area contributed by atoms with Gasteiger partial charge in [0.25, 0.3) is 0 Å². The van der Waals surface area contributed by atoms with Gasteiger partial charge in [-0.15, -0.1) is 0 Å². The van der Waals surface area contributed by atoms with Gasteiger partial charge >= 0.3 is 0 Å². The maximum Gasteiger partial charge on any atom is 0.223 e. The molecule has 1 N–H and O–H groups in total. The lowest BCUT2D eigenvalue weighted by Crippen LogP contribution is -2.54. The summed E-state index contributed by atoms with van der Waals surface area (Å²) in [6, 6.07) is 6.33. The van der Waals surface area contributed by atoms with Gasteiger partial charge in [-0.25, -0.2) is 0 Å². The molecule has 0 bridgehead atoms. The zero-order valence-electron chi connectivity index (χ0n) is 11.5. The fourth-order valence-electron chi connectivity index (χ4n) is 3.94. The number of amides is 1. The highest BCUT2D eigenvalue weighted by Crippen LogP contribution is 2.45. The molecule has 1 fully saturated rings. The summed E-state index contributed by atoms with van der Waals surface area (Å²) in [7, 11) is 0. The van der Waals surface area contributed by atoms with Gasteiger partial charge in [-0.1, -0.05) is 12.1 Å². The molecule has 2 aliphatic heterocycles. The summed E-state index contributed by atoms with van der Waals surface area (Å²) in [5.74, 6) is 0.308. The minimum atomic E-state index is -0.151. The van der Waals surface area contributed by atoms with Crippen molar-refractivity contribution in [1.29, 1.82) is 0 Å². The van der Waals surface area contributed by atoms with E-state index in [4.69, 9.17) is 0 Å². The Morgan fingerprint density at radius 3 is 3.05 bits per heavy atom. The smallest absolute Gasteiger partial charge is 0.223 e. The molecule has 1 saturated heterocycles. The van der Waals surface area contributed by atoms with Crippen molar-refractivity contribution in [3.8, 4) is 0 Å². The first-order chi connectivity index (χ1) is 9.61. The van der Waals surface area contributed by atoms with Gasteiger partial charge in [0.05, 0.1) is 11.1 Å². The highest BCUT2D eigenvalue weighted by Gasteiger charge is 2.45. The van der Waals surface area contributed by atoms with E-state index < -0.39 is 0 Å². The van der Waals surface area contributed by atoms with Gasteiger partial charge in [-0.3, -0.25) is 4.79 Å². The quantitative estimate of drug-likeness (QED) is 0.784. The van der Waals surface area contributed by atoms with Crippen molar-refractivity contribution in [2.45, 2.75) is 38.1 Å². The van der Waals surface area contributed by atoms with Gasteiger partial charge in [0.15, 0.2) is 0 Å². The summed E-state index contributed by atoms with van der Waals surface area (Å²) in [6.07, 6.45) is 3.69. The van der Waals surface area contributed by atoms with Crippen LogP contribution in [0.5, 0.6) is 0 Å². The highest BCUT2D eigenvalue weighted by molar-refractivity contribution is 9.10. The Hall–Kier alpha value is -1.29. The van der Waals surface area contributed by atoms with Crippen molar-refractivity contribution >= 4 is 32.7 Å². The molecule has 0 unspecified atom stereocenters. The van der Waals surface area contributed by atoms with Crippen molar-refractivity contribution in [3.63, 3.8) is 0 Å². The Labute approximate surface area is 126 Å². The van der Waals surface area contributed by atoms with E-state index in [1.54, 1.807) is 0 Å². The normalized spacial score (nSPS) is 25.7. The molecule has 1 aromatic heterocycles. The first kappa shape index (κ1) is 12.5. The average Bonchev–Trinajstić information content (AvgIpc) is 2.80. The van der Waals surface area contributed by atoms with E-state index in [0.29, 0.717) is 12.3 Å². The van der Waals surface area contributed by atoms with Gasteiger partial charge in [0.2, 0.25) is 5.91 Å². The molecule has 1 amide bonds. The molecule has 20 heavy (non-hydrogen) atoms. The Morgan fingerprint density at radius 2 is 2.20 bits per heavy atom. The molecule has 1 atom stereocenters. The number of fused-ring (bicyclic) bond motifs is 5. The third-order valence-electron chi connectivity index (χ3n) is 4.97. The number of para-hydroxylation sites is 1. The number of H-pyrrole nitrogens is 1. The van der Waals surface area contributed by atoms with Gasteiger partial charge in [-0.05, 0) is 53.7 Å². The Bertz CT molecular complexity index is 721. The number of nitrogens with one attached hydrogen (secondary N) is 1. The van der Waals surface area contributed by atoms with Crippen LogP contribution in [0.25, 0.3) is 10.9 Å². The number of carbonyl (C=O) groups is 1. The maximum absolute atomic E-state index is 12.2. The fourth-order valence-corrected chi connectivity index (χ4v) is 4.41. The zero-order valence-corrected chi connectivity index (χ0v) is 13.1. The van der Waals surface area contributed by atoms with E-state index in [2.05, 4.69) is 50.9 Å². The number of rotatable bonds is 0. The molecule has 0 aliphatic carbocycles. The van der Waals surface area contributed by atoms with Crippen molar-refractivity contribution in [1.82, 2.24) is 9.88 Å². The molecule has 104 valence electrons. The lowest BCUT2D eigenvalue weighted by Gasteiger charge is -2.47. The standard InChI is InChI=1S/C16H17BrN2O/c1-16-8-3-6-13(20)19(16)9-7-11-10-4-2-5-12(17)14(10)18-15(11)16/h2,4-5,18H,3,6-9H2,1H3/t16-/m1/s1. The molecule has 4 heteroatoms. The summed E-state index contributed by atoms with van der Waals surface area (Å²) in [5, 5.41) is 1.30. The summed E-state index contributed by atoms with van der Waals surface area (Å²) in [6.45, 7) is 3.06. The van der Waals surface area contributed by atoms with E-state index in [1.165, 1.54) is 22.2 Å². The zero-order chi connectivity index (χ0) is 13.9. The van der Waals surface area contributed by atoms with Crippen molar-refractivity contribution in [2.24, 2.45) is 0 Å². The first-order valence-electron chi connectivity index (χ1n) is 7.21. The van der Waals surface area contributed by atoms with Crippen LogP contribution in [-0.4, -0.2) is 22.3 Å². The third-order valence-corrected chi connectivity index (χ3v) is 5.63. The summed E-state index contributed by atoms with van der Waals surface area (Å²) in [5.41, 5.74) is 3.66. The van der Waals surface area contributed by atoms with Crippen molar-refractivity contribution in [2.75, 3.05) is 6.54 Å². The molecule has 2 aromatic rings. The van der Waals surface area contributed by atoms with Crippen molar-refractivity contribution < 1.29 is 4.79 Å². The number of benzene rings is 1. The van der Waals surface area contributed by atoms with Crippen LogP contribution in [-0.2, 0) is 16.8 Å². The predicted molar refractivity (Wildman–Crippen MR) is 82.6 cm³/mol. The molecule has 0 spiro atoms. The van der Waals surface area contributed by atoms with Crippen LogP contribution in [0.3, 0.4) is 0 Å². The van der Waals surface area contributed by atoms with Crippen LogP contribution >= 0.6 is 15.9 Å². The van der Waals surface area contributed by atoms with Gasteiger partial charge in [0.1, 0.15) is 0 Å². The second-order valence-electron chi connectivity index (χ2n) is 6.06. The van der Waals surface area contributed by atoms with Crippen LogP contribution in [0.2, 0.25) is 0 Å². The topological polar surface area (TPSA) is 36.1 Å². The van der Waals surface area contributed by atoms with Gasteiger partial charge in [0, 0.05) is 28.5 Å². The van der Waals surface area contributed by atoms with Crippen LogP contribution < -0.4 is 0 Å². The summed E-state index contributed by atoms with van der Waals surface area (Å²) in [4.78, 5) is 17.9. The van der Waals surface area contributed by atoms with E-state index in [9.17, 15) is 4.79 Å². The van der Waals surface area contributed by atoms with E-state index in [1.807, 2.05) is 0 Å². The van der Waals surface area contributed by atoms with Crippen LogP contribution in [0, 0.1) is 0 Å². The first-order valence-corrected chi connectivity index (χ1v) is 8.00. The summed E-state index contributed by atoms with van der Waals surface area (Å²) >= 11 is 3.63. The highest BCUT2D eigenvalue weighted by atomic mass is 79.9.